The third-order valence-electron chi connectivity index (χ3n) is 4.42. The SMILES string of the molecule is CCC1CCNC1C1CCCN(CC)C1. The number of rotatable bonds is 3. The summed E-state index contributed by atoms with van der Waals surface area (Å²) in [5.41, 5.74) is 0. The number of likely N-dealkylation sites (tertiary alicyclic amines) is 1. The standard InChI is InChI=1S/C13H26N2/c1-3-11-7-8-14-13(11)12-6-5-9-15(4-2)10-12/h11-14H,3-10H2,1-2H3. The first kappa shape index (κ1) is 11.4. The van der Waals surface area contributed by atoms with Gasteiger partial charge in [-0.3, -0.25) is 0 Å². The lowest BCUT2D eigenvalue weighted by Crippen LogP contribution is -2.45. The molecule has 1 N–H and O–H groups in total. The van der Waals surface area contributed by atoms with Crippen molar-refractivity contribution in [1.29, 1.82) is 0 Å². The Balaban J connectivity index is 1.91. The monoisotopic (exact) mass is 210 g/mol. The average molecular weight is 210 g/mol. The maximum atomic E-state index is 3.75. The van der Waals surface area contributed by atoms with Crippen molar-refractivity contribution in [2.75, 3.05) is 26.2 Å². The Kier molecular flexibility index (Phi) is 4.04. The van der Waals surface area contributed by atoms with E-state index in [1.807, 2.05) is 0 Å². The molecule has 0 bridgehead atoms. The van der Waals surface area contributed by atoms with E-state index in [9.17, 15) is 0 Å². The Hall–Kier alpha value is -0.0800. The van der Waals surface area contributed by atoms with Crippen molar-refractivity contribution in [1.82, 2.24) is 10.2 Å². The minimum absolute atomic E-state index is 0.823. The lowest BCUT2D eigenvalue weighted by molar-refractivity contribution is 0.142. The highest BCUT2D eigenvalue weighted by atomic mass is 15.1. The minimum atomic E-state index is 0.823. The minimum Gasteiger partial charge on any atom is -0.313 e. The maximum absolute atomic E-state index is 3.75. The number of hydrogen-bond acceptors (Lipinski definition) is 2. The number of nitrogens with zero attached hydrogens (tertiary/aromatic N) is 1. The van der Waals surface area contributed by atoms with Crippen molar-refractivity contribution in [2.24, 2.45) is 11.8 Å². The van der Waals surface area contributed by atoms with Gasteiger partial charge in [0.2, 0.25) is 0 Å². The molecule has 2 saturated heterocycles. The highest BCUT2D eigenvalue weighted by Gasteiger charge is 2.34. The Labute approximate surface area is 94.4 Å². The van der Waals surface area contributed by atoms with Crippen LogP contribution in [-0.2, 0) is 0 Å². The van der Waals surface area contributed by atoms with E-state index in [-0.39, 0.29) is 0 Å². The van der Waals surface area contributed by atoms with Gasteiger partial charge in [-0.05, 0) is 50.7 Å². The zero-order chi connectivity index (χ0) is 10.7. The summed E-state index contributed by atoms with van der Waals surface area (Å²) in [4.78, 5) is 2.63. The van der Waals surface area contributed by atoms with Gasteiger partial charge in [0.1, 0.15) is 0 Å². The molecule has 2 nitrogen and oxygen atoms in total. The van der Waals surface area contributed by atoms with E-state index in [0.717, 1.165) is 17.9 Å². The molecule has 2 heteroatoms. The fraction of sp³-hybridized carbons (Fsp3) is 1.00. The van der Waals surface area contributed by atoms with Gasteiger partial charge in [-0.2, -0.15) is 0 Å². The van der Waals surface area contributed by atoms with Gasteiger partial charge in [0.15, 0.2) is 0 Å². The molecule has 2 fully saturated rings. The lowest BCUT2D eigenvalue weighted by atomic mass is 9.83. The molecule has 2 aliphatic rings. The molecular weight excluding hydrogens is 184 g/mol. The third-order valence-corrected chi connectivity index (χ3v) is 4.42. The van der Waals surface area contributed by atoms with Crippen molar-refractivity contribution >= 4 is 0 Å². The average Bonchev–Trinajstić information content (AvgIpc) is 2.77. The van der Waals surface area contributed by atoms with Crippen molar-refractivity contribution in [2.45, 2.75) is 45.6 Å². The highest BCUT2D eigenvalue weighted by molar-refractivity contribution is 4.91. The lowest BCUT2D eigenvalue weighted by Gasteiger charge is -2.37. The predicted molar refractivity (Wildman–Crippen MR) is 65.0 cm³/mol. The van der Waals surface area contributed by atoms with Crippen LogP contribution in [0.25, 0.3) is 0 Å². The summed E-state index contributed by atoms with van der Waals surface area (Å²) >= 11 is 0. The smallest absolute Gasteiger partial charge is 0.0136 e. The number of nitrogens with one attached hydrogen (secondary N) is 1. The molecule has 0 amide bonds. The van der Waals surface area contributed by atoms with Gasteiger partial charge < -0.3 is 10.2 Å². The van der Waals surface area contributed by atoms with Gasteiger partial charge in [-0.1, -0.05) is 20.3 Å². The fourth-order valence-corrected chi connectivity index (χ4v) is 3.46. The van der Waals surface area contributed by atoms with Crippen LogP contribution in [0.15, 0.2) is 0 Å². The third kappa shape index (κ3) is 2.54. The van der Waals surface area contributed by atoms with Gasteiger partial charge in [0.05, 0.1) is 0 Å². The molecule has 0 spiro atoms. The summed E-state index contributed by atoms with van der Waals surface area (Å²) in [7, 11) is 0. The number of piperidine rings is 1. The van der Waals surface area contributed by atoms with Crippen molar-refractivity contribution < 1.29 is 0 Å². The van der Waals surface area contributed by atoms with E-state index in [2.05, 4.69) is 24.1 Å². The zero-order valence-electron chi connectivity index (χ0n) is 10.3. The Morgan fingerprint density at radius 2 is 2.13 bits per heavy atom. The molecule has 0 aromatic carbocycles. The summed E-state index contributed by atoms with van der Waals surface area (Å²) in [6, 6.07) is 0.823. The second-order valence-corrected chi connectivity index (χ2v) is 5.23. The quantitative estimate of drug-likeness (QED) is 0.767. The fourth-order valence-electron chi connectivity index (χ4n) is 3.46. The van der Waals surface area contributed by atoms with Crippen molar-refractivity contribution in [3.05, 3.63) is 0 Å². The van der Waals surface area contributed by atoms with Crippen LogP contribution in [0.2, 0.25) is 0 Å². The molecule has 88 valence electrons. The maximum Gasteiger partial charge on any atom is 0.0136 e. The predicted octanol–water partition coefficient (Wildman–Crippen LogP) is 2.11. The summed E-state index contributed by atoms with van der Waals surface area (Å²) in [6.45, 7) is 9.81. The summed E-state index contributed by atoms with van der Waals surface area (Å²) in [5.74, 6) is 1.87. The molecule has 15 heavy (non-hydrogen) atoms. The molecule has 0 aliphatic carbocycles. The molecular formula is C13H26N2. The van der Waals surface area contributed by atoms with E-state index < -0.39 is 0 Å². The van der Waals surface area contributed by atoms with Crippen LogP contribution in [0.1, 0.15) is 39.5 Å². The molecule has 3 unspecified atom stereocenters. The van der Waals surface area contributed by atoms with Crippen LogP contribution in [0, 0.1) is 11.8 Å². The second-order valence-electron chi connectivity index (χ2n) is 5.23. The van der Waals surface area contributed by atoms with E-state index in [1.54, 1.807) is 0 Å². The molecule has 0 radical (unpaired) electrons. The first-order chi connectivity index (χ1) is 7.35. The van der Waals surface area contributed by atoms with Crippen molar-refractivity contribution in [3.63, 3.8) is 0 Å². The first-order valence-corrected chi connectivity index (χ1v) is 6.80. The van der Waals surface area contributed by atoms with Crippen LogP contribution in [0.3, 0.4) is 0 Å². The Bertz CT molecular complexity index is 193. The molecule has 3 atom stereocenters. The van der Waals surface area contributed by atoms with Gasteiger partial charge >= 0.3 is 0 Å². The Morgan fingerprint density at radius 3 is 2.87 bits per heavy atom. The van der Waals surface area contributed by atoms with E-state index in [4.69, 9.17) is 0 Å². The van der Waals surface area contributed by atoms with Gasteiger partial charge in [-0.25, -0.2) is 0 Å². The van der Waals surface area contributed by atoms with Gasteiger partial charge in [0, 0.05) is 12.6 Å². The van der Waals surface area contributed by atoms with Crippen molar-refractivity contribution in [3.8, 4) is 0 Å². The van der Waals surface area contributed by atoms with Crippen LogP contribution in [0.4, 0.5) is 0 Å². The second kappa shape index (κ2) is 5.31. The summed E-state index contributed by atoms with van der Waals surface area (Å²) in [5, 5.41) is 3.75. The molecule has 0 aromatic rings. The molecule has 2 aliphatic heterocycles. The summed E-state index contributed by atoms with van der Waals surface area (Å²) in [6.07, 6.45) is 5.63. The molecule has 2 rings (SSSR count). The molecule has 0 aromatic heterocycles. The number of hydrogen-bond donors (Lipinski definition) is 1. The molecule has 2 heterocycles. The summed E-state index contributed by atoms with van der Waals surface area (Å²) < 4.78 is 0. The largest absolute Gasteiger partial charge is 0.313 e. The van der Waals surface area contributed by atoms with Gasteiger partial charge in [0.25, 0.3) is 0 Å². The van der Waals surface area contributed by atoms with E-state index >= 15 is 0 Å². The normalized spacial score (nSPS) is 38.4. The zero-order valence-corrected chi connectivity index (χ0v) is 10.3. The Morgan fingerprint density at radius 1 is 1.27 bits per heavy atom. The van der Waals surface area contributed by atoms with Crippen LogP contribution in [0.5, 0.6) is 0 Å². The molecule has 0 saturated carbocycles. The highest BCUT2D eigenvalue weighted by Crippen LogP contribution is 2.30. The van der Waals surface area contributed by atoms with Crippen LogP contribution >= 0.6 is 0 Å². The van der Waals surface area contributed by atoms with Crippen LogP contribution < -0.4 is 5.32 Å². The first-order valence-electron chi connectivity index (χ1n) is 6.80. The topological polar surface area (TPSA) is 15.3 Å². The van der Waals surface area contributed by atoms with Crippen LogP contribution in [-0.4, -0.2) is 37.1 Å². The van der Waals surface area contributed by atoms with E-state index in [0.29, 0.717) is 0 Å². The van der Waals surface area contributed by atoms with Gasteiger partial charge in [-0.15, -0.1) is 0 Å². The van der Waals surface area contributed by atoms with E-state index in [1.165, 1.54) is 51.9 Å².